The molecule has 1 amide bonds. The summed E-state index contributed by atoms with van der Waals surface area (Å²) in [5, 5.41) is 8.18. The van der Waals surface area contributed by atoms with E-state index in [1.165, 1.54) is 18.2 Å². The summed E-state index contributed by atoms with van der Waals surface area (Å²) in [6, 6.07) is 7.13. The van der Waals surface area contributed by atoms with Crippen LogP contribution in [0.3, 0.4) is 0 Å². The van der Waals surface area contributed by atoms with Crippen molar-refractivity contribution in [3.8, 4) is 5.75 Å². The highest BCUT2D eigenvalue weighted by molar-refractivity contribution is 7.99. The van der Waals surface area contributed by atoms with Gasteiger partial charge in [-0.05, 0) is 43.5 Å². The Bertz CT molecular complexity index is 671. The third kappa shape index (κ3) is 4.88. The predicted octanol–water partition coefficient (Wildman–Crippen LogP) is 3.14. The number of carbonyl (C=O) groups excluding carboxylic acids is 1. The maximum atomic E-state index is 12.1. The van der Waals surface area contributed by atoms with E-state index >= 15 is 0 Å². The molecule has 1 aliphatic heterocycles. The highest BCUT2D eigenvalue weighted by atomic mass is 35.5. The van der Waals surface area contributed by atoms with Gasteiger partial charge in [0, 0.05) is 18.1 Å². The normalized spacial score (nSPS) is 14.6. The number of ether oxygens (including phenoxy) is 1. The van der Waals surface area contributed by atoms with Crippen molar-refractivity contribution in [1.82, 2.24) is 20.1 Å². The fourth-order valence-corrected chi connectivity index (χ4v) is 3.30. The van der Waals surface area contributed by atoms with Crippen LogP contribution in [-0.4, -0.2) is 44.8 Å². The molecule has 0 aliphatic carbocycles. The monoisotopic (exact) mass is 366 g/mol. The zero-order valence-electron chi connectivity index (χ0n) is 13.2. The average Bonchev–Trinajstić information content (AvgIpc) is 3.08. The minimum absolute atomic E-state index is 0.156. The van der Waals surface area contributed by atoms with E-state index in [4.69, 9.17) is 16.3 Å². The Morgan fingerprint density at radius 1 is 1.25 bits per heavy atom. The Morgan fingerprint density at radius 3 is 2.75 bits per heavy atom. The first-order valence-electron chi connectivity index (χ1n) is 7.91. The van der Waals surface area contributed by atoms with E-state index < -0.39 is 0 Å². The van der Waals surface area contributed by atoms with Crippen LogP contribution in [0.5, 0.6) is 5.75 Å². The number of carbonyl (C=O) groups is 1. The van der Waals surface area contributed by atoms with Gasteiger partial charge in [0.25, 0.3) is 0 Å². The molecule has 3 rings (SSSR count). The van der Waals surface area contributed by atoms with Gasteiger partial charge < -0.3 is 9.64 Å². The molecule has 1 aromatic carbocycles. The lowest BCUT2D eigenvalue weighted by Crippen LogP contribution is -2.36. The van der Waals surface area contributed by atoms with Crippen LogP contribution in [0, 0.1) is 0 Å². The Kier molecular flexibility index (Phi) is 5.98. The maximum absolute atomic E-state index is 12.1. The molecule has 0 atom stereocenters. The van der Waals surface area contributed by atoms with E-state index in [1.807, 2.05) is 4.90 Å². The summed E-state index contributed by atoms with van der Waals surface area (Å²) < 4.78 is 5.60. The number of H-pyrrole nitrogens is 1. The molecule has 0 bridgehead atoms. The quantitative estimate of drug-likeness (QED) is 0.795. The van der Waals surface area contributed by atoms with E-state index in [9.17, 15) is 4.79 Å². The number of thioether (sulfide) groups is 1. The second-order valence-electron chi connectivity index (χ2n) is 5.54. The molecule has 1 saturated heterocycles. The number of hydrogen-bond donors (Lipinski definition) is 1. The summed E-state index contributed by atoms with van der Waals surface area (Å²) in [4.78, 5) is 18.4. The maximum Gasteiger partial charge on any atom is 0.233 e. The number of piperidine rings is 1. The third-order valence-electron chi connectivity index (χ3n) is 3.73. The van der Waals surface area contributed by atoms with Gasteiger partial charge in [-0.25, -0.2) is 4.98 Å². The number of halogens is 1. The smallest absolute Gasteiger partial charge is 0.233 e. The fourth-order valence-electron chi connectivity index (χ4n) is 2.45. The van der Waals surface area contributed by atoms with E-state index in [2.05, 4.69) is 15.2 Å². The number of hydrogen-bond acceptors (Lipinski definition) is 5. The van der Waals surface area contributed by atoms with Crippen LogP contribution in [0.25, 0.3) is 0 Å². The van der Waals surface area contributed by atoms with Gasteiger partial charge in [0.2, 0.25) is 11.1 Å². The lowest BCUT2D eigenvalue weighted by atomic mass is 10.1. The highest BCUT2D eigenvalue weighted by Gasteiger charge is 2.17. The molecule has 2 aromatic rings. The topological polar surface area (TPSA) is 71.1 Å². The van der Waals surface area contributed by atoms with Crippen LogP contribution in [0.4, 0.5) is 0 Å². The Morgan fingerprint density at radius 2 is 2.00 bits per heavy atom. The first kappa shape index (κ1) is 17.1. The zero-order chi connectivity index (χ0) is 16.8. The summed E-state index contributed by atoms with van der Waals surface area (Å²) in [5.41, 5.74) is 0. The molecule has 8 heteroatoms. The molecule has 24 heavy (non-hydrogen) atoms. The Balaban J connectivity index is 1.44. The number of rotatable bonds is 6. The van der Waals surface area contributed by atoms with Crippen molar-refractivity contribution < 1.29 is 9.53 Å². The number of nitrogens with zero attached hydrogens (tertiary/aromatic N) is 3. The van der Waals surface area contributed by atoms with E-state index in [-0.39, 0.29) is 12.5 Å². The van der Waals surface area contributed by atoms with Crippen molar-refractivity contribution in [3.63, 3.8) is 0 Å². The number of benzene rings is 1. The lowest BCUT2D eigenvalue weighted by Gasteiger charge is -2.26. The summed E-state index contributed by atoms with van der Waals surface area (Å²) in [5.74, 6) is 1.86. The second-order valence-corrected chi connectivity index (χ2v) is 6.92. The first-order valence-corrected chi connectivity index (χ1v) is 9.27. The molecule has 0 unspecified atom stereocenters. The molecule has 128 valence electrons. The molecule has 1 fully saturated rings. The summed E-state index contributed by atoms with van der Waals surface area (Å²) in [6.45, 7) is 2.02. The molecular formula is C16H19ClN4O2S. The van der Waals surface area contributed by atoms with Gasteiger partial charge in [0.1, 0.15) is 12.4 Å². The van der Waals surface area contributed by atoms with Gasteiger partial charge in [-0.1, -0.05) is 23.4 Å². The standard InChI is InChI=1S/C16H19ClN4O2S/c17-12-4-6-13(7-5-12)23-10-14-18-16(20-19-14)24-11-15(22)21-8-2-1-3-9-21/h4-7H,1-3,8-11H2,(H,18,19,20). The van der Waals surface area contributed by atoms with Crippen molar-refractivity contribution in [2.45, 2.75) is 31.0 Å². The first-order chi connectivity index (χ1) is 11.7. The van der Waals surface area contributed by atoms with E-state index in [0.717, 1.165) is 25.9 Å². The molecule has 0 saturated carbocycles. The number of likely N-dealkylation sites (tertiary alicyclic amines) is 1. The Hall–Kier alpha value is -1.73. The van der Waals surface area contributed by atoms with Gasteiger partial charge in [-0.2, -0.15) is 0 Å². The Labute approximate surface area is 149 Å². The van der Waals surface area contributed by atoms with Crippen LogP contribution in [0.2, 0.25) is 5.02 Å². The van der Waals surface area contributed by atoms with Gasteiger partial charge in [-0.15, -0.1) is 5.10 Å². The molecule has 1 aliphatic rings. The summed E-state index contributed by atoms with van der Waals surface area (Å²) >= 11 is 7.18. The van der Waals surface area contributed by atoms with Gasteiger partial charge >= 0.3 is 0 Å². The van der Waals surface area contributed by atoms with Crippen molar-refractivity contribution in [2.24, 2.45) is 0 Å². The highest BCUT2D eigenvalue weighted by Crippen LogP contribution is 2.18. The molecule has 0 radical (unpaired) electrons. The molecule has 2 heterocycles. The minimum Gasteiger partial charge on any atom is -0.486 e. The largest absolute Gasteiger partial charge is 0.486 e. The van der Waals surface area contributed by atoms with Crippen molar-refractivity contribution in [2.75, 3.05) is 18.8 Å². The average molecular weight is 367 g/mol. The zero-order valence-corrected chi connectivity index (χ0v) is 14.8. The summed E-state index contributed by atoms with van der Waals surface area (Å²) in [7, 11) is 0. The van der Waals surface area contributed by atoms with Crippen LogP contribution >= 0.6 is 23.4 Å². The van der Waals surface area contributed by atoms with Crippen molar-refractivity contribution >= 4 is 29.3 Å². The van der Waals surface area contributed by atoms with Crippen LogP contribution in [0.15, 0.2) is 29.4 Å². The molecule has 1 aromatic heterocycles. The molecule has 6 nitrogen and oxygen atoms in total. The molecule has 1 N–H and O–H groups in total. The molecule has 0 spiro atoms. The van der Waals surface area contributed by atoms with Crippen LogP contribution in [0.1, 0.15) is 25.1 Å². The minimum atomic E-state index is 0.156. The van der Waals surface area contributed by atoms with Gasteiger partial charge in [0.15, 0.2) is 5.82 Å². The predicted molar refractivity (Wildman–Crippen MR) is 93.3 cm³/mol. The fraction of sp³-hybridized carbons (Fsp3) is 0.438. The van der Waals surface area contributed by atoms with E-state index in [0.29, 0.717) is 27.5 Å². The lowest BCUT2D eigenvalue weighted by molar-refractivity contribution is -0.129. The number of aromatic amines is 1. The van der Waals surface area contributed by atoms with Crippen LogP contribution in [-0.2, 0) is 11.4 Å². The molecular weight excluding hydrogens is 348 g/mol. The number of nitrogens with one attached hydrogen (secondary N) is 1. The van der Waals surface area contributed by atoms with Gasteiger partial charge in [0.05, 0.1) is 5.75 Å². The number of aromatic nitrogens is 3. The summed E-state index contributed by atoms with van der Waals surface area (Å²) in [6.07, 6.45) is 3.42. The van der Waals surface area contributed by atoms with Crippen molar-refractivity contribution in [1.29, 1.82) is 0 Å². The van der Waals surface area contributed by atoms with E-state index in [1.54, 1.807) is 24.3 Å². The van der Waals surface area contributed by atoms with Crippen LogP contribution < -0.4 is 4.74 Å². The van der Waals surface area contributed by atoms with Crippen molar-refractivity contribution in [3.05, 3.63) is 35.1 Å². The second kappa shape index (κ2) is 8.39. The SMILES string of the molecule is O=C(CSc1n[nH]c(COc2ccc(Cl)cc2)n1)N1CCCCC1. The number of amides is 1. The van der Waals surface area contributed by atoms with Gasteiger partial charge in [-0.3, -0.25) is 9.89 Å². The third-order valence-corrected chi connectivity index (χ3v) is 4.82.